The van der Waals surface area contributed by atoms with Crippen LogP contribution in [0.1, 0.15) is 24.1 Å². The molecule has 3 aromatic rings. The van der Waals surface area contributed by atoms with E-state index in [1.54, 1.807) is 30.6 Å². The van der Waals surface area contributed by atoms with E-state index in [0.717, 1.165) is 18.4 Å². The smallest absolute Gasteiger partial charge is 0.475 e. The van der Waals surface area contributed by atoms with E-state index >= 15 is 0 Å². The van der Waals surface area contributed by atoms with Crippen LogP contribution in [0.15, 0.2) is 47.2 Å². The molecule has 3 heterocycles. The third kappa shape index (κ3) is 5.68. The molecule has 1 fully saturated rings. The summed E-state index contributed by atoms with van der Waals surface area (Å²) in [5, 5.41) is 4.13. The first-order valence-corrected chi connectivity index (χ1v) is 11.3. The zero-order valence-electron chi connectivity index (χ0n) is 17.0. The van der Waals surface area contributed by atoms with Crippen LogP contribution in [-0.2, 0) is 26.8 Å². The van der Waals surface area contributed by atoms with Gasteiger partial charge >= 0.3 is 7.82 Å². The van der Waals surface area contributed by atoms with Gasteiger partial charge in [0, 0.05) is 31.9 Å². The van der Waals surface area contributed by atoms with Gasteiger partial charge in [0.1, 0.15) is 5.56 Å². The van der Waals surface area contributed by atoms with Crippen LogP contribution in [0.25, 0.3) is 11.3 Å². The van der Waals surface area contributed by atoms with E-state index in [-0.39, 0.29) is 6.73 Å². The van der Waals surface area contributed by atoms with Crippen molar-refractivity contribution in [2.45, 2.75) is 26.0 Å². The highest BCUT2D eigenvalue weighted by atomic mass is 31.2. The van der Waals surface area contributed by atoms with Crippen molar-refractivity contribution in [3.8, 4) is 17.2 Å². The monoisotopic (exact) mass is 447 g/mol. The summed E-state index contributed by atoms with van der Waals surface area (Å²) in [6.07, 6.45) is 6.33. The van der Waals surface area contributed by atoms with E-state index < -0.39 is 7.82 Å². The van der Waals surface area contributed by atoms with E-state index in [9.17, 15) is 9.46 Å². The van der Waals surface area contributed by atoms with Crippen LogP contribution in [0.5, 0.6) is 5.88 Å². The molecule has 11 heteroatoms. The van der Waals surface area contributed by atoms with Crippen molar-refractivity contribution in [2.24, 2.45) is 5.92 Å². The van der Waals surface area contributed by atoms with E-state index in [0.29, 0.717) is 42.0 Å². The van der Waals surface area contributed by atoms with Crippen LogP contribution >= 0.6 is 7.82 Å². The molecule has 0 bridgehead atoms. The van der Waals surface area contributed by atoms with Crippen molar-refractivity contribution >= 4 is 13.6 Å². The second-order valence-corrected chi connectivity index (χ2v) is 8.86. The number of rotatable bonds is 10. The summed E-state index contributed by atoms with van der Waals surface area (Å²) >= 11 is 0. The maximum absolute atomic E-state index is 11.5. The lowest BCUT2D eigenvalue weighted by Crippen LogP contribution is -2.38. The molecule has 3 aromatic heterocycles. The van der Waals surface area contributed by atoms with Gasteiger partial charge in [-0.2, -0.15) is 0 Å². The molecular weight excluding hydrogens is 423 g/mol. The summed E-state index contributed by atoms with van der Waals surface area (Å²) < 4.78 is 33.5. The van der Waals surface area contributed by atoms with Gasteiger partial charge in [-0.25, -0.2) is 18.6 Å². The van der Waals surface area contributed by atoms with Gasteiger partial charge in [-0.05, 0) is 42.5 Å². The first-order valence-electron chi connectivity index (χ1n) is 9.78. The number of hydrogen-bond donors (Lipinski definition) is 2. The molecule has 1 unspecified atom stereocenters. The van der Waals surface area contributed by atoms with E-state index in [2.05, 4.69) is 14.7 Å². The number of nitrogens with two attached hydrogens (primary N) is 1. The number of pyridine rings is 2. The third-order valence-electron chi connectivity index (χ3n) is 4.88. The van der Waals surface area contributed by atoms with Gasteiger partial charge in [0.15, 0.2) is 5.76 Å². The number of aromatic nitrogens is 3. The highest BCUT2D eigenvalue weighted by Crippen LogP contribution is 2.41. The van der Waals surface area contributed by atoms with E-state index in [1.165, 1.54) is 17.4 Å². The number of phosphoric ester groups is 1. The Hall–Kier alpha value is -2.78. The predicted octanol–water partition coefficient (Wildman–Crippen LogP) is 2.71. The number of hydrogen-bond acceptors (Lipinski definition) is 8. The second-order valence-electron chi connectivity index (χ2n) is 7.30. The summed E-state index contributed by atoms with van der Waals surface area (Å²) in [6.45, 7) is 0.445. The molecule has 0 saturated heterocycles. The molecule has 1 aliphatic carbocycles. The Balaban J connectivity index is 1.45. The first kappa shape index (κ1) is 21.5. The lowest BCUT2D eigenvalue weighted by atomic mass is 10.1. The van der Waals surface area contributed by atoms with Crippen LogP contribution in [0.4, 0.5) is 5.82 Å². The Morgan fingerprint density at radius 2 is 2.19 bits per heavy atom. The lowest BCUT2D eigenvalue weighted by molar-refractivity contribution is -0.711. The van der Waals surface area contributed by atoms with Crippen molar-refractivity contribution in [1.82, 2.24) is 10.1 Å². The molecule has 0 aromatic carbocycles. The van der Waals surface area contributed by atoms with Gasteiger partial charge in [0.2, 0.25) is 12.6 Å². The fourth-order valence-electron chi connectivity index (χ4n) is 2.93. The number of ether oxygens (including phenoxy) is 1. The van der Waals surface area contributed by atoms with Crippen LogP contribution in [0, 0.1) is 5.92 Å². The number of anilines is 1. The van der Waals surface area contributed by atoms with Crippen molar-refractivity contribution in [3.63, 3.8) is 0 Å². The van der Waals surface area contributed by atoms with Crippen molar-refractivity contribution in [3.05, 3.63) is 54.0 Å². The van der Waals surface area contributed by atoms with Gasteiger partial charge in [-0.15, -0.1) is 0 Å². The molecule has 0 amide bonds. The largest absolute Gasteiger partial charge is 0.477 e. The van der Waals surface area contributed by atoms with Crippen molar-refractivity contribution < 1.29 is 32.3 Å². The summed E-state index contributed by atoms with van der Waals surface area (Å²) in [5.74, 6) is 2.03. The van der Waals surface area contributed by atoms with Crippen LogP contribution < -0.4 is 15.0 Å². The predicted molar refractivity (Wildman–Crippen MR) is 110 cm³/mol. The summed E-state index contributed by atoms with van der Waals surface area (Å²) in [7, 11) is -3.03. The molecule has 164 valence electrons. The molecule has 1 atom stereocenters. The summed E-state index contributed by atoms with van der Waals surface area (Å²) in [6, 6.07) is 9.10. The van der Waals surface area contributed by atoms with E-state index in [4.69, 9.17) is 19.5 Å². The molecular formula is C20H24N4O6P+. The molecule has 0 radical (unpaired) electrons. The fraction of sp³-hybridized carbons (Fsp3) is 0.350. The van der Waals surface area contributed by atoms with Gasteiger partial charge in [-0.3, -0.25) is 10.3 Å². The zero-order valence-corrected chi connectivity index (χ0v) is 17.9. The standard InChI is InChI=1S/C20H23N4O6P/c1-27-31(25,26)29-13-24-8-2-3-17(20(24)21)18-11-16(23-30-18)9-15-6-7-22-19(10-15)28-12-14-4-5-14/h2-3,6-8,10-11,14,21H,4-5,9,12-13H2,1H3,(H,25,26)/p+1. The zero-order chi connectivity index (χ0) is 21.8. The van der Waals surface area contributed by atoms with Gasteiger partial charge < -0.3 is 14.2 Å². The van der Waals surface area contributed by atoms with Crippen LogP contribution in [0.2, 0.25) is 0 Å². The minimum absolute atomic E-state index is 0.261. The second kappa shape index (κ2) is 9.15. The summed E-state index contributed by atoms with van der Waals surface area (Å²) in [4.78, 5) is 13.7. The normalized spacial score (nSPS) is 15.5. The van der Waals surface area contributed by atoms with Gasteiger partial charge in [0.25, 0.3) is 5.82 Å². The Morgan fingerprint density at radius 1 is 1.35 bits per heavy atom. The topological polar surface area (TPSA) is 134 Å². The lowest BCUT2D eigenvalue weighted by Gasteiger charge is -2.09. The molecule has 1 aliphatic rings. The van der Waals surface area contributed by atoms with E-state index in [1.807, 2.05) is 12.1 Å². The average molecular weight is 447 g/mol. The van der Waals surface area contributed by atoms with Crippen LogP contribution in [-0.4, -0.2) is 28.8 Å². The maximum Gasteiger partial charge on any atom is 0.475 e. The molecule has 4 rings (SSSR count). The first-order chi connectivity index (χ1) is 14.9. The fourth-order valence-corrected chi connectivity index (χ4v) is 3.31. The van der Waals surface area contributed by atoms with Crippen molar-refractivity contribution in [1.29, 1.82) is 0 Å². The Labute approximate surface area is 179 Å². The molecule has 1 saturated carbocycles. The van der Waals surface area contributed by atoms with Crippen molar-refractivity contribution in [2.75, 3.05) is 19.5 Å². The van der Waals surface area contributed by atoms with Gasteiger partial charge in [0.05, 0.1) is 18.5 Å². The highest BCUT2D eigenvalue weighted by Gasteiger charge is 2.23. The Bertz CT molecular complexity index is 1100. The minimum Gasteiger partial charge on any atom is -0.477 e. The molecule has 0 spiro atoms. The van der Waals surface area contributed by atoms with Gasteiger partial charge in [-0.1, -0.05) is 5.16 Å². The third-order valence-corrected chi connectivity index (χ3v) is 5.78. The molecule has 10 nitrogen and oxygen atoms in total. The van der Waals surface area contributed by atoms with Crippen LogP contribution in [0.3, 0.4) is 0 Å². The molecule has 0 aliphatic heterocycles. The Morgan fingerprint density at radius 3 is 2.97 bits per heavy atom. The molecule has 31 heavy (non-hydrogen) atoms. The number of phosphoric acid groups is 1. The molecule has 3 N–H and O–H groups in total. The maximum atomic E-state index is 11.5. The number of nitrogen functional groups attached to an aromatic ring is 1. The highest BCUT2D eigenvalue weighted by molar-refractivity contribution is 7.47. The Kier molecular flexibility index (Phi) is 6.33. The quantitative estimate of drug-likeness (QED) is 0.355. The average Bonchev–Trinajstić information content (AvgIpc) is 3.49. The minimum atomic E-state index is -4.12. The summed E-state index contributed by atoms with van der Waals surface area (Å²) in [5.41, 5.74) is 8.50. The number of nitrogens with zero attached hydrogens (tertiary/aromatic N) is 3. The SMILES string of the molecule is COP(=O)(O)OC[n+]1cccc(-c2cc(Cc3ccnc(OCC4CC4)c3)no2)c1N.